The predicted molar refractivity (Wildman–Crippen MR) is 136 cm³/mol. The van der Waals surface area contributed by atoms with Gasteiger partial charge in [0.25, 0.3) is 0 Å². The first-order valence-electron chi connectivity index (χ1n) is 12.5. The fraction of sp³-hybridized carbons (Fsp3) is 0.433. The van der Waals surface area contributed by atoms with Crippen molar-refractivity contribution in [3.8, 4) is 17.0 Å². The van der Waals surface area contributed by atoms with E-state index in [9.17, 15) is 0 Å². The number of unbranched alkanes of at least 4 members (excludes halogenated alkanes) is 5. The van der Waals surface area contributed by atoms with Crippen molar-refractivity contribution in [1.82, 2.24) is 4.98 Å². The van der Waals surface area contributed by atoms with Crippen LogP contribution in [0.1, 0.15) is 75.5 Å². The number of rotatable bonds is 14. The van der Waals surface area contributed by atoms with E-state index < -0.39 is 0 Å². The van der Waals surface area contributed by atoms with E-state index in [0.29, 0.717) is 0 Å². The minimum absolute atomic E-state index is 0.825. The minimum Gasteiger partial charge on any atom is -0.494 e. The monoisotopic (exact) mass is 429 g/mol. The lowest BCUT2D eigenvalue weighted by Crippen LogP contribution is -1.98. The van der Waals surface area contributed by atoms with Crippen molar-refractivity contribution in [2.24, 2.45) is 0 Å². The molecule has 0 atom stereocenters. The SMILES string of the molecule is CCCCCCCOc1ccc(CCc2ccc(-c3ccc(CCCC)cn3)cc2)cc1. The molecular formula is C30H39NO. The molecule has 3 aromatic rings. The molecule has 2 aromatic carbocycles. The van der Waals surface area contributed by atoms with Crippen molar-refractivity contribution in [3.05, 3.63) is 83.6 Å². The van der Waals surface area contributed by atoms with Crippen molar-refractivity contribution in [1.29, 1.82) is 0 Å². The summed E-state index contributed by atoms with van der Waals surface area (Å²) < 4.78 is 5.88. The van der Waals surface area contributed by atoms with E-state index in [1.165, 1.54) is 60.8 Å². The summed E-state index contributed by atoms with van der Waals surface area (Å²) in [5.41, 5.74) is 6.29. The van der Waals surface area contributed by atoms with Crippen molar-refractivity contribution < 1.29 is 4.74 Å². The van der Waals surface area contributed by atoms with E-state index in [2.05, 4.69) is 79.5 Å². The zero-order chi connectivity index (χ0) is 22.4. The molecule has 0 fully saturated rings. The molecule has 0 bridgehead atoms. The van der Waals surface area contributed by atoms with Gasteiger partial charge in [-0.2, -0.15) is 0 Å². The van der Waals surface area contributed by atoms with E-state index in [-0.39, 0.29) is 0 Å². The van der Waals surface area contributed by atoms with Gasteiger partial charge in [-0.1, -0.05) is 88.4 Å². The molecule has 0 amide bonds. The number of aryl methyl sites for hydroxylation is 3. The van der Waals surface area contributed by atoms with E-state index in [0.717, 1.165) is 43.7 Å². The first-order valence-corrected chi connectivity index (χ1v) is 12.5. The lowest BCUT2D eigenvalue weighted by atomic mass is 10.0. The van der Waals surface area contributed by atoms with Crippen molar-refractivity contribution in [3.63, 3.8) is 0 Å². The second-order valence-electron chi connectivity index (χ2n) is 8.76. The van der Waals surface area contributed by atoms with Crippen molar-refractivity contribution in [2.45, 2.75) is 78.1 Å². The number of aromatic nitrogens is 1. The first kappa shape index (κ1) is 24.0. The third-order valence-electron chi connectivity index (χ3n) is 6.04. The second-order valence-corrected chi connectivity index (χ2v) is 8.76. The van der Waals surface area contributed by atoms with Gasteiger partial charge in [-0.25, -0.2) is 0 Å². The number of benzene rings is 2. The van der Waals surface area contributed by atoms with Gasteiger partial charge >= 0.3 is 0 Å². The normalized spacial score (nSPS) is 10.9. The molecule has 0 unspecified atom stereocenters. The molecule has 2 heteroatoms. The highest BCUT2D eigenvalue weighted by Gasteiger charge is 2.02. The van der Waals surface area contributed by atoms with Crippen LogP contribution in [-0.2, 0) is 19.3 Å². The first-order chi connectivity index (χ1) is 15.8. The summed E-state index contributed by atoms with van der Waals surface area (Å²) in [6.07, 6.45) is 14.0. The van der Waals surface area contributed by atoms with Crippen LogP contribution in [-0.4, -0.2) is 11.6 Å². The Morgan fingerprint density at radius 1 is 0.594 bits per heavy atom. The van der Waals surface area contributed by atoms with E-state index >= 15 is 0 Å². The van der Waals surface area contributed by atoms with Gasteiger partial charge < -0.3 is 4.74 Å². The Labute approximate surface area is 195 Å². The van der Waals surface area contributed by atoms with Gasteiger partial charge in [-0.15, -0.1) is 0 Å². The molecule has 0 radical (unpaired) electrons. The molecule has 1 aromatic heterocycles. The van der Waals surface area contributed by atoms with Crippen LogP contribution in [0, 0.1) is 0 Å². The van der Waals surface area contributed by atoms with Gasteiger partial charge in [-0.3, -0.25) is 4.98 Å². The third-order valence-corrected chi connectivity index (χ3v) is 6.04. The van der Waals surface area contributed by atoms with Gasteiger partial charge in [0, 0.05) is 11.8 Å². The van der Waals surface area contributed by atoms with Gasteiger partial charge in [0.05, 0.1) is 12.3 Å². The summed E-state index contributed by atoms with van der Waals surface area (Å²) >= 11 is 0. The molecule has 0 aliphatic carbocycles. The third kappa shape index (κ3) is 8.15. The maximum Gasteiger partial charge on any atom is 0.119 e. The number of hydrogen-bond donors (Lipinski definition) is 0. The van der Waals surface area contributed by atoms with Crippen LogP contribution in [0.5, 0.6) is 5.75 Å². The van der Waals surface area contributed by atoms with Gasteiger partial charge in [0.15, 0.2) is 0 Å². The molecule has 0 aliphatic rings. The zero-order valence-corrected chi connectivity index (χ0v) is 20.0. The molecule has 0 spiro atoms. The van der Waals surface area contributed by atoms with Crippen LogP contribution in [0.3, 0.4) is 0 Å². The fourth-order valence-electron chi connectivity index (χ4n) is 3.90. The highest BCUT2D eigenvalue weighted by atomic mass is 16.5. The largest absolute Gasteiger partial charge is 0.494 e. The van der Waals surface area contributed by atoms with Gasteiger partial charge in [0.1, 0.15) is 5.75 Å². The Hall–Kier alpha value is -2.61. The molecule has 170 valence electrons. The molecule has 2 nitrogen and oxygen atoms in total. The van der Waals surface area contributed by atoms with Gasteiger partial charge in [0.2, 0.25) is 0 Å². The minimum atomic E-state index is 0.825. The van der Waals surface area contributed by atoms with Crippen LogP contribution in [0.2, 0.25) is 0 Å². The van der Waals surface area contributed by atoms with Crippen LogP contribution in [0.25, 0.3) is 11.3 Å². The van der Waals surface area contributed by atoms with Crippen LogP contribution < -0.4 is 4.74 Å². The molecule has 0 N–H and O–H groups in total. The van der Waals surface area contributed by atoms with E-state index in [4.69, 9.17) is 4.74 Å². The fourth-order valence-corrected chi connectivity index (χ4v) is 3.90. The Morgan fingerprint density at radius 2 is 1.22 bits per heavy atom. The molecular weight excluding hydrogens is 390 g/mol. The lowest BCUT2D eigenvalue weighted by Gasteiger charge is -2.08. The summed E-state index contributed by atoms with van der Waals surface area (Å²) in [5.74, 6) is 0.988. The number of nitrogens with zero attached hydrogens (tertiary/aromatic N) is 1. The molecule has 0 saturated heterocycles. The Bertz CT molecular complexity index is 882. The summed E-state index contributed by atoms with van der Waals surface area (Å²) in [4.78, 5) is 4.66. The average Bonchev–Trinajstić information content (AvgIpc) is 2.85. The maximum absolute atomic E-state index is 5.88. The van der Waals surface area contributed by atoms with E-state index in [1.54, 1.807) is 0 Å². The second kappa shape index (κ2) is 13.7. The quantitative estimate of drug-likeness (QED) is 0.241. The Kier molecular flexibility index (Phi) is 10.3. The topological polar surface area (TPSA) is 22.1 Å². The Morgan fingerprint density at radius 3 is 1.84 bits per heavy atom. The van der Waals surface area contributed by atoms with Gasteiger partial charge in [-0.05, 0) is 67.0 Å². The average molecular weight is 430 g/mol. The highest BCUT2D eigenvalue weighted by molar-refractivity contribution is 5.59. The van der Waals surface area contributed by atoms with E-state index in [1.807, 2.05) is 6.20 Å². The van der Waals surface area contributed by atoms with Crippen LogP contribution >= 0.6 is 0 Å². The number of ether oxygens (including phenoxy) is 1. The summed E-state index contributed by atoms with van der Waals surface area (Å²) in [7, 11) is 0. The summed E-state index contributed by atoms with van der Waals surface area (Å²) in [5, 5.41) is 0. The Balaban J connectivity index is 1.43. The summed E-state index contributed by atoms with van der Waals surface area (Å²) in [6.45, 7) is 5.30. The predicted octanol–water partition coefficient (Wildman–Crippen LogP) is 8.23. The highest BCUT2D eigenvalue weighted by Crippen LogP contribution is 2.20. The molecule has 32 heavy (non-hydrogen) atoms. The van der Waals surface area contributed by atoms with Crippen LogP contribution in [0.4, 0.5) is 0 Å². The van der Waals surface area contributed by atoms with Crippen LogP contribution in [0.15, 0.2) is 66.9 Å². The number of pyridine rings is 1. The zero-order valence-electron chi connectivity index (χ0n) is 20.0. The van der Waals surface area contributed by atoms with Crippen molar-refractivity contribution in [2.75, 3.05) is 6.61 Å². The number of hydrogen-bond acceptors (Lipinski definition) is 2. The maximum atomic E-state index is 5.88. The molecule has 0 aliphatic heterocycles. The standard InChI is InChI=1S/C30H39NO/c1-3-5-7-8-9-23-32-29-20-15-26(16-21-29)12-11-25-13-18-28(19-14-25)30-22-17-27(24-31-30)10-6-4-2/h13-22,24H,3-12,23H2,1-2H3. The lowest BCUT2D eigenvalue weighted by molar-refractivity contribution is 0.304. The summed E-state index contributed by atoms with van der Waals surface area (Å²) in [6, 6.07) is 21.8. The molecule has 3 rings (SSSR count). The molecule has 0 saturated carbocycles. The van der Waals surface area contributed by atoms with Crippen molar-refractivity contribution >= 4 is 0 Å². The smallest absolute Gasteiger partial charge is 0.119 e. The molecule has 1 heterocycles.